The molecule has 0 aliphatic heterocycles. The summed E-state index contributed by atoms with van der Waals surface area (Å²) in [5, 5.41) is 7.97. The van der Waals surface area contributed by atoms with E-state index in [0.29, 0.717) is 17.3 Å². The smallest absolute Gasteiger partial charge is 0.316 e. The molecule has 6 nitrogen and oxygen atoms in total. The highest BCUT2D eigenvalue weighted by Gasteiger charge is 2.25. The van der Waals surface area contributed by atoms with Crippen LogP contribution in [0.5, 0.6) is 6.01 Å². The Kier molecular flexibility index (Phi) is 4.10. The van der Waals surface area contributed by atoms with E-state index in [4.69, 9.17) is 4.74 Å². The van der Waals surface area contributed by atoms with E-state index in [1.54, 1.807) is 30.7 Å². The Balaban J connectivity index is 1.43. The molecule has 134 valence electrons. The van der Waals surface area contributed by atoms with Crippen molar-refractivity contribution in [3.63, 3.8) is 0 Å². The largest absolute Gasteiger partial charge is 0.457 e. The number of rotatable bonds is 6. The molecule has 0 atom stereocenters. The number of benzene rings is 1. The molecule has 0 saturated heterocycles. The van der Waals surface area contributed by atoms with E-state index in [0.717, 1.165) is 12.5 Å². The molecule has 0 N–H and O–H groups in total. The average molecular weight is 357 g/mol. The fourth-order valence-corrected chi connectivity index (χ4v) is 2.58. The summed E-state index contributed by atoms with van der Waals surface area (Å²) < 4.78 is 33.9. The van der Waals surface area contributed by atoms with E-state index >= 15 is 0 Å². The predicted octanol–water partition coefficient (Wildman–Crippen LogP) is 3.63. The minimum Gasteiger partial charge on any atom is -0.457 e. The number of hydrogen-bond donors (Lipinski definition) is 0. The molecule has 26 heavy (non-hydrogen) atoms. The first-order chi connectivity index (χ1) is 12.5. The monoisotopic (exact) mass is 357 g/mol. The lowest BCUT2D eigenvalue weighted by Gasteiger charge is -2.11. The van der Waals surface area contributed by atoms with Crippen molar-refractivity contribution in [2.24, 2.45) is 0 Å². The van der Waals surface area contributed by atoms with Crippen LogP contribution in [0.1, 0.15) is 42.5 Å². The quantitative estimate of drug-likeness (QED) is 0.674. The van der Waals surface area contributed by atoms with E-state index in [9.17, 15) is 8.78 Å². The second kappa shape index (κ2) is 6.44. The lowest BCUT2D eigenvalue weighted by molar-refractivity contribution is 0.0174. The average Bonchev–Trinajstić information content (AvgIpc) is 3.38. The number of aromatic nitrogens is 5. The molecular formula is C18H17F2N5O. The van der Waals surface area contributed by atoms with Gasteiger partial charge in [-0.3, -0.25) is 0 Å². The van der Waals surface area contributed by atoms with Gasteiger partial charge >= 0.3 is 6.01 Å². The number of halogens is 2. The maximum Gasteiger partial charge on any atom is 0.316 e. The Hall–Kier alpha value is -2.90. The van der Waals surface area contributed by atoms with Gasteiger partial charge in [0.15, 0.2) is 0 Å². The van der Waals surface area contributed by atoms with Gasteiger partial charge in [-0.15, -0.1) is 5.10 Å². The first-order valence-electron chi connectivity index (χ1n) is 8.34. The summed E-state index contributed by atoms with van der Waals surface area (Å²) >= 11 is 0. The van der Waals surface area contributed by atoms with Crippen LogP contribution in [0.4, 0.5) is 8.78 Å². The van der Waals surface area contributed by atoms with Crippen LogP contribution in [0.25, 0.3) is 5.69 Å². The molecule has 1 saturated carbocycles. The van der Waals surface area contributed by atoms with Crippen LogP contribution in [0, 0.1) is 0 Å². The SMILES string of the molecule is CC(F)(F)c1cccc(-n2cc(COc3ncc(C4CC4)cn3)nn2)c1. The van der Waals surface area contributed by atoms with Crippen LogP contribution in [-0.2, 0) is 12.5 Å². The summed E-state index contributed by atoms with van der Waals surface area (Å²) in [6.07, 6.45) is 7.59. The number of ether oxygens (including phenoxy) is 1. The van der Waals surface area contributed by atoms with E-state index in [1.165, 1.54) is 29.7 Å². The molecule has 0 spiro atoms. The van der Waals surface area contributed by atoms with Crippen molar-refractivity contribution in [3.8, 4) is 11.7 Å². The van der Waals surface area contributed by atoms with E-state index < -0.39 is 5.92 Å². The highest BCUT2D eigenvalue weighted by molar-refractivity contribution is 5.36. The molecule has 1 aromatic carbocycles. The number of nitrogens with zero attached hydrogens (tertiary/aromatic N) is 5. The summed E-state index contributed by atoms with van der Waals surface area (Å²) in [5.41, 5.74) is 2.12. The van der Waals surface area contributed by atoms with Crippen LogP contribution in [0.3, 0.4) is 0 Å². The van der Waals surface area contributed by atoms with Crippen LogP contribution in [-0.4, -0.2) is 25.0 Å². The minimum atomic E-state index is -2.91. The van der Waals surface area contributed by atoms with Gasteiger partial charge in [0.05, 0.1) is 11.9 Å². The Morgan fingerprint density at radius 3 is 2.69 bits per heavy atom. The Labute approximate surface area is 148 Å². The minimum absolute atomic E-state index is 0.0764. The maximum atomic E-state index is 13.5. The Morgan fingerprint density at radius 2 is 2.00 bits per heavy atom. The molecule has 4 rings (SSSR count). The molecule has 1 aliphatic carbocycles. The van der Waals surface area contributed by atoms with Gasteiger partial charge in [-0.1, -0.05) is 17.3 Å². The Bertz CT molecular complexity index is 900. The van der Waals surface area contributed by atoms with E-state index in [1.807, 2.05) is 0 Å². The molecule has 0 bridgehead atoms. The van der Waals surface area contributed by atoms with Gasteiger partial charge in [-0.05, 0) is 36.5 Å². The van der Waals surface area contributed by atoms with Crippen molar-refractivity contribution >= 4 is 0 Å². The van der Waals surface area contributed by atoms with E-state index in [-0.39, 0.29) is 18.2 Å². The zero-order chi connectivity index (χ0) is 18.1. The maximum absolute atomic E-state index is 13.5. The third-order valence-corrected chi connectivity index (χ3v) is 4.20. The topological polar surface area (TPSA) is 65.7 Å². The summed E-state index contributed by atoms with van der Waals surface area (Å²) in [4.78, 5) is 8.37. The lowest BCUT2D eigenvalue weighted by Crippen LogP contribution is -2.08. The second-order valence-electron chi connectivity index (χ2n) is 6.46. The lowest BCUT2D eigenvalue weighted by atomic mass is 10.1. The highest BCUT2D eigenvalue weighted by atomic mass is 19.3. The summed E-state index contributed by atoms with van der Waals surface area (Å²) in [7, 11) is 0. The molecular weight excluding hydrogens is 340 g/mol. The van der Waals surface area contributed by atoms with Crippen LogP contribution in [0.15, 0.2) is 42.9 Å². The van der Waals surface area contributed by atoms with Crippen LogP contribution < -0.4 is 4.74 Å². The Morgan fingerprint density at radius 1 is 1.23 bits per heavy atom. The zero-order valence-electron chi connectivity index (χ0n) is 14.1. The van der Waals surface area contributed by atoms with Gasteiger partial charge < -0.3 is 4.74 Å². The molecule has 2 heterocycles. The van der Waals surface area contributed by atoms with Crippen molar-refractivity contribution in [2.75, 3.05) is 0 Å². The van der Waals surface area contributed by atoms with Crippen LogP contribution >= 0.6 is 0 Å². The molecule has 2 aromatic heterocycles. The van der Waals surface area contributed by atoms with Gasteiger partial charge in [0.25, 0.3) is 5.92 Å². The van der Waals surface area contributed by atoms with Crippen molar-refractivity contribution < 1.29 is 13.5 Å². The highest BCUT2D eigenvalue weighted by Crippen LogP contribution is 2.39. The van der Waals surface area contributed by atoms with Crippen molar-refractivity contribution in [2.45, 2.75) is 38.2 Å². The normalized spacial score (nSPS) is 14.4. The van der Waals surface area contributed by atoms with Gasteiger partial charge in [0.2, 0.25) is 0 Å². The number of hydrogen-bond acceptors (Lipinski definition) is 5. The molecule has 0 amide bonds. The fourth-order valence-electron chi connectivity index (χ4n) is 2.58. The van der Waals surface area contributed by atoms with Crippen molar-refractivity contribution in [1.29, 1.82) is 0 Å². The zero-order valence-corrected chi connectivity index (χ0v) is 14.1. The second-order valence-corrected chi connectivity index (χ2v) is 6.46. The number of alkyl halides is 2. The standard InChI is InChI=1S/C18H17F2N5O/c1-18(19,20)14-3-2-4-16(7-14)25-10-15(23-24-25)11-26-17-21-8-13(9-22-17)12-5-6-12/h2-4,7-10,12H,5-6,11H2,1H3. The summed E-state index contributed by atoms with van der Waals surface area (Å²) in [6, 6.07) is 6.30. The predicted molar refractivity (Wildman–Crippen MR) is 89.3 cm³/mol. The molecule has 0 radical (unpaired) electrons. The molecule has 1 fully saturated rings. The van der Waals surface area contributed by atoms with Gasteiger partial charge in [-0.25, -0.2) is 23.4 Å². The van der Waals surface area contributed by atoms with Gasteiger partial charge in [0.1, 0.15) is 12.3 Å². The molecule has 3 aromatic rings. The third kappa shape index (κ3) is 3.68. The molecule has 0 unspecified atom stereocenters. The van der Waals surface area contributed by atoms with Crippen molar-refractivity contribution in [1.82, 2.24) is 25.0 Å². The van der Waals surface area contributed by atoms with Gasteiger partial charge in [-0.2, -0.15) is 0 Å². The van der Waals surface area contributed by atoms with Crippen molar-refractivity contribution in [3.05, 3.63) is 59.7 Å². The van der Waals surface area contributed by atoms with E-state index in [2.05, 4.69) is 20.3 Å². The summed E-state index contributed by atoms with van der Waals surface area (Å²) in [6.45, 7) is 1.01. The first-order valence-corrected chi connectivity index (χ1v) is 8.34. The third-order valence-electron chi connectivity index (χ3n) is 4.20. The molecule has 8 heteroatoms. The fraction of sp³-hybridized carbons (Fsp3) is 0.333. The van der Waals surface area contributed by atoms with Gasteiger partial charge in [0, 0.05) is 24.9 Å². The van der Waals surface area contributed by atoms with Crippen LogP contribution in [0.2, 0.25) is 0 Å². The first kappa shape index (κ1) is 16.6. The summed E-state index contributed by atoms with van der Waals surface area (Å²) in [5.74, 6) is -2.32. The molecule has 1 aliphatic rings.